The van der Waals surface area contributed by atoms with Crippen molar-refractivity contribution < 1.29 is 19.1 Å². The normalized spacial score (nSPS) is 15.6. The molecule has 2 heterocycles. The summed E-state index contributed by atoms with van der Waals surface area (Å²) in [7, 11) is 1.27. The SMILES string of the molecule is COC(=O)C1=C(C)N=c2s/c(=C\c3ccc(Cl)cc3Cl)c(=O)n2C1c1ccc(OC(C)=O)cc1. The van der Waals surface area contributed by atoms with E-state index in [1.807, 2.05) is 0 Å². The number of fused-ring (bicyclic) bond motifs is 1. The third kappa shape index (κ3) is 4.57. The Labute approximate surface area is 208 Å². The summed E-state index contributed by atoms with van der Waals surface area (Å²) >= 11 is 13.5. The third-order valence-corrected chi connectivity index (χ3v) is 6.68. The number of aromatic nitrogens is 1. The van der Waals surface area contributed by atoms with Gasteiger partial charge in [0.25, 0.3) is 5.56 Å². The Morgan fingerprint density at radius 2 is 1.85 bits per heavy atom. The number of nitrogens with zero attached hydrogens (tertiary/aromatic N) is 2. The number of halogens is 2. The van der Waals surface area contributed by atoms with E-state index in [0.717, 1.165) is 0 Å². The van der Waals surface area contributed by atoms with Crippen molar-refractivity contribution in [2.45, 2.75) is 19.9 Å². The van der Waals surface area contributed by atoms with Crippen LogP contribution in [0.4, 0.5) is 0 Å². The van der Waals surface area contributed by atoms with Crippen LogP contribution in [-0.4, -0.2) is 23.6 Å². The molecule has 0 aliphatic carbocycles. The van der Waals surface area contributed by atoms with Gasteiger partial charge in [0.2, 0.25) is 0 Å². The number of carbonyl (C=O) groups is 2. The van der Waals surface area contributed by atoms with Crippen LogP contribution in [0.5, 0.6) is 5.75 Å². The molecule has 174 valence electrons. The molecule has 1 aromatic heterocycles. The topological polar surface area (TPSA) is 87.0 Å². The summed E-state index contributed by atoms with van der Waals surface area (Å²) in [6.45, 7) is 3.00. The molecular weight excluding hydrogens is 499 g/mol. The van der Waals surface area contributed by atoms with Gasteiger partial charge in [-0.2, -0.15) is 0 Å². The molecule has 3 aromatic rings. The molecule has 0 bridgehead atoms. The molecule has 0 fully saturated rings. The molecule has 10 heteroatoms. The zero-order valence-corrected chi connectivity index (χ0v) is 20.6. The first-order valence-electron chi connectivity index (χ1n) is 10.0. The highest BCUT2D eigenvalue weighted by atomic mass is 35.5. The summed E-state index contributed by atoms with van der Waals surface area (Å²) in [5.41, 5.74) is 1.60. The first kappa shape index (κ1) is 23.9. The molecule has 0 saturated heterocycles. The molecule has 34 heavy (non-hydrogen) atoms. The van der Waals surface area contributed by atoms with Crippen molar-refractivity contribution in [2.75, 3.05) is 7.11 Å². The summed E-state index contributed by atoms with van der Waals surface area (Å²) in [5, 5.41) is 0.890. The standard InChI is InChI=1S/C24H18Cl2N2O5S/c1-12-20(23(31)32-3)21(14-5-8-17(9-6-14)33-13(2)29)28-22(30)19(34-24(28)27-12)10-15-4-7-16(25)11-18(15)26/h4-11,21H,1-3H3/b19-10-. The van der Waals surface area contributed by atoms with Gasteiger partial charge in [0.05, 0.1) is 29.0 Å². The number of ether oxygens (including phenoxy) is 2. The highest BCUT2D eigenvalue weighted by Gasteiger charge is 2.33. The smallest absolute Gasteiger partial charge is 0.338 e. The van der Waals surface area contributed by atoms with Crippen LogP contribution in [0.2, 0.25) is 10.0 Å². The molecule has 0 amide bonds. The van der Waals surface area contributed by atoms with Crippen LogP contribution < -0.4 is 19.6 Å². The molecule has 0 spiro atoms. The second-order valence-corrected chi connectivity index (χ2v) is 9.25. The van der Waals surface area contributed by atoms with Gasteiger partial charge in [-0.15, -0.1) is 0 Å². The monoisotopic (exact) mass is 516 g/mol. The lowest BCUT2D eigenvalue weighted by atomic mass is 9.96. The Balaban J connectivity index is 1.92. The van der Waals surface area contributed by atoms with Gasteiger partial charge >= 0.3 is 11.9 Å². The number of allylic oxidation sites excluding steroid dienone is 1. The van der Waals surface area contributed by atoms with E-state index >= 15 is 0 Å². The molecular formula is C24H18Cl2N2O5S. The molecule has 0 radical (unpaired) electrons. The van der Waals surface area contributed by atoms with Crippen LogP contribution in [0.3, 0.4) is 0 Å². The maximum Gasteiger partial charge on any atom is 0.338 e. The predicted molar refractivity (Wildman–Crippen MR) is 130 cm³/mol. The number of benzene rings is 2. The number of rotatable bonds is 4. The van der Waals surface area contributed by atoms with Crippen LogP contribution in [-0.2, 0) is 14.3 Å². The van der Waals surface area contributed by atoms with Crippen molar-refractivity contribution in [3.05, 3.63) is 94.6 Å². The summed E-state index contributed by atoms with van der Waals surface area (Å²) in [5.74, 6) is -0.695. The number of hydrogen-bond donors (Lipinski definition) is 0. The van der Waals surface area contributed by atoms with Crippen LogP contribution in [0.1, 0.15) is 31.0 Å². The minimum atomic E-state index is -0.780. The molecule has 2 aromatic carbocycles. The zero-order valence-electron chi connectivity index (χ0n) is 18.3. The van der Waals surface area contributed by atoms with Crippen molar-refractivity contribution >= 4 is 52.6 Å². The van der Waals surface area contributed by atoms with Crippen LogP contribution in [0.15, 0.2) is 63.5 Å². The van der Waals surface area contributed by atoms with E-state index in [0.29, 0.717) is 42.0 Å². The minimum Gasteiger partial charge on any atom is -0.466 e. The van der Waals surface area contributed by atoms with E-state index in [1.54, 1.807) is 55.5 Å². The first-order valence-corrected chi connectivity index (χ1v) is 11.6. The second-order valence-electron chi connectivity index (χ2n) is 7.40. The Kier molecular flexibility index (Phi) is 6.74. The van der Waals surface area contributed by atoms with Crippen molar-refractivity contribution in [1.82, 2.24) is 4.57 Å². The summed E-state index contributed by atoms with van der Waals surface area (Å²) < 4.78 is 11.9. The maximum atomic E-state index is 13.5. The molecule has 1 aliphatic heterocycles. The van der Waals surface area contributed by atoms with Gasteiger partial charge in [-0.1, -0.05) is 52.7 Å². The number of hydrogen-bond acceptors (Lipinski definition) is 7. The quantitative estimate of drug-likeness (QED) is 0.390. The van der Waals surface area contributed by atoms with Crippen molar-refractivity contribution in [3.63, 3.8) is 0 Å². The molecule has 4 rings (SSSR count). The molecule has 0 saturated carbocycles. The van der Waals surface area contributed by atoms with Crippen LogP contribution in [0, 0.1) is 0 Å². The van der Waals surface area contributed by atoms with Gasteiger partial charge < -0.3 is 9.47 Å². The molecule has 7 nitrogen and oxygen atoms in total. The minimum absolute atomic E-state index is 0.242. The highest BCUT2D eigenvalue weighted by Crippen LogP contribution is 2.31. The van der Waals surface area contributed by atoms with Crippen LogP contribution >= 0.6 is 34.5 Å². The van der Waals surface area contributed by atoms with Gasteiger partial charge in [0.1, 0.15) is 5.75 Å². The van der Waals surface area contributed by atoms with E-state index in [2.05, 4.69) is 4.99 Å². The van der Waals surface area contributed by atoms with E-state index in [1.165, 1.54) is 29.9 Å². The summed E-state index contributed by atoms with van der Waals surface area (Å²) in [4.78, 5) is 42.4. The number of carbonyl (C=O) groups excluding carboxylic acids is 2. The molecule has 1 atom stereocenters. The Hall–Kier alpha value is -3.20. The lowest BCUT2D eigenvalue weighted by molar-refractivity contribution is -0.136. The van der Waals surface area contributed by atoms with Gasteiger partial charge in [-0.05, 0) is 48.4 Å². The maximum absolute atomic E-state index is 13.5. The lowest BCUT2D eigenvalue weighted by Gasteiger charge is -2.24. The van der Waals surface area contributed by atoms with Crippen molar-refractivity contribution in [1.29, 1.82) is 0 Å². The Morgan fingerprint density at radius 3 is 2.47 bits per heavy atom. The van der Waals surface area contributed by atoms with Crippen molar-refractivity contribution in [3.8, 4) is 5.75 Å². The summed E-state index contributed by atoms with van der Waals surface area (Å²) in [6.07, 6.45) is 1.67. The average molecular weight is 517 g/mol. The first-order chi connectivity index (χ1) is 16.2. The zero-order chi connectivity index (χ0) is 24.6. The number of thiazole rings is 1. The van der Waals surface area contributed by atoms with Gasteiger partial charge in [-0.25, -0.2) is 9.79 Å². The second kappa shape index (κ2) is 9.58. The Bertz CT molecular complexity index is 1520. The van der Waals surface area contributed by atoms with Gasteiger partial charge in [0, 0.05) is 17.0 Å². The largest absolute Gasteiger partial charge is 0.466 e. The van der Waals surface area contributed by atoms with Gasteiger partial charge in [-0.3, -0.25) is 14.2 Å². The predicted octanol–water partition coefficient (Wildman–Crippen LogP) is 3.64. The molecule has 1 unspecified atom stereocenters. The Morgan fingerprint density at radius 1 is 1.15 bits per heavy atom. The van der Waals surface area contributed by atoms with Crippen molar-refractivity contribution in [2.24, 2.45) is 4.99 Å². The van der Waals surface area contributed by atoms with E-state index in [4.69, 9.17) is 32.7 Å². The van der Waals surface area contributed by atoms with Gasteiger partial charge in [0.15, 0.2) is 4.80 Å². The van der Waals surface area contributed by atoms with E-state index < -0.39 is 18.0 Å². The van der Waals surface area contributed by atoms with Crippen LogP contribution in [0.25, 0.3) is 6.08 Å². The fourth-order valence-corrected chi connectivity index (χ4v) is 5.15. The van der Waals surface area contributed by atoms with E-state index in [-0.39, 0.29) is 11.1 Å². The third-order valence-electron chi connectivity index (χ3n) is 5.13. The average Bonchev–Trinajstić information content (AvgIpc) is 3.09. The fraction of sp³-hybridized carbons (Fsp3) is 0.167. The number of esters is 2. The summed E-state index contributed by atoms with van der Waals surface area (Å²) in [6, 6.07) is 10.8. The highest BCUT2D eigenvalue weighted by molar-refractivity contribution is 7.07. The lowest BCUT2D eigenvalue weighted by Crippen LogP contribution is -2.39. The van der Waals surface area contributed by atoms with E-state index in [9.17, 15) is 14.4 Å². The molecule has 0 N–H and O–H groups in total. The fourth-order valence-electron chi connectivity index (χ4n) is 3.65. The molecule has 1 aliphatic rings. The number of methoxy groups -OCH3 is 1.